The summed E-state index contributed by atoms with van der Waals surface area (Å²) in [4.78, 5) is 36.4. The molecule has 0 fully saturated rings. The molecule has 1 heterocycles. The van der Waals surface area contributed by atoms with Gasteiger partial charge in [0.05, 0.1) is 6.42 Å². The molecule has 0 bridgehead atoms. The van der Waals surface area contributed by atoms with Gasteiger partial charge in [-0.2, -0.15) is 0 Å². The maximum absolute atomic E-state index is 12.9. The van der Waals surface area contributed by atoms with Crippen LogP contribution in [0.4, 0.5) is 0 Å². The zero-order valence-electron chi connectivity index (χ0n) is 14.8. The third kappa shape index (κ3) is 4.28. The zero-order chi connectivity index (χ0) is 19.6. The molecule has 7 heteroatoms. The van der Waals surface area contributed by atoms with E-state index in [2.05, 4.69) is 0 Å². The molecule has 140 valence electrons. The molecule has 0 saturated carbocycles. The van der Waals surface area contributed by atoms with E-state index in [4.69, 9.17) is 25.8 Å². The fourth-order valence-corrected chi connectivity index (χ4v) is 2.70. The van der Waals surface area contributed by atoms with Gasteiger partial charge in [-0.25, -0.2) is 0 Å². The first-order valence-corrected chi connectivity index (χ1v) is 8.65. The van der Waals surface area contributed by atoms with Gasteiger partial charge >= 0.3 is 5.97 Å². The second-order valence-corrected chi connectivity index (χ2v) is 6.55. The number of Topliss-reactive ketones (excluding diaryl/α,β-unsaturated/α-hetero) is 1. The van der Waals surface area contributed by atoms with Gasteiger partial charge in [0.1, 0.15) is 0 Å². The number of fused-ring (bicyclic) bond motifs is 1. The molecule has 0 N–H and O–H groups in total. The molecule has 1 atom stereocenters. The van der Waals surface area contributed by atoms with Crippen molar-refractivity contribution in [2.45, 2.75) is 26.4 Å². The molecule has 27 heavy (non-hydrogen) atoms. The van der Waals surface area contributed by atoms with Crippen LogP contribution in [0.3, 0.4) is 0 Å². The Hall–Kier alpha value is -2.86. The lowest BCUT2D eigenvalue weighted by Crippen LogP contribution is -2.23. The van der Waals surface area contributed by atoms with Crippen LogP contribution in [-0.2, 0) is 20.7 Å². The molecule has 1 unspecified atom stereocenters. The average Bonchev–Trinajstić information content (AvgIpc) is 3.08. The summed E-state index contributed by atoms with van der Waals surface area (Å²) >= 11 is 5.88. The molecule has 3 rings (SSSR count). The second-order valence-electron chi connectivity index (χ2n) is 6.12. The van der Waals surface area contributed by atoms with Crippen molar-refractivity contribution in [3.05, 3.63) is 58.1 Å². The molecule has 2 aromatic carbocycles. The summed E-state index contributed by atoms with van der Waals surface area (Å²) in [6.45, 7) is 2.88. The zero-order valence-corrected chi connectivity index (χ0v) is 15.5. The van der Waals surface area contributed by atoms with E-state index in [0.717, 1.165) is 0 Å². The minimum atomic E-state index is -0.845. The van der Waals surface area contributed by atoms with Gasteiger partial charge in [0.25, 0.3) is 0 Å². The summed E-state index contributed by atoms with van der Waals surface area (Å²) in [5.74, 6) is -0.271. The number of carbonyl (C=O) groups is 3. The fourth-order valence-electron chi connectivity index (χ4n) is 2.58. The minimum absolute atomic E-state index is 0.0409. The van der Waals surface area contributed by atoms with Crippen LogP contribution in [0.15, 0.2) is 36.4 Å². The number of ketones is 2. The van der Waals surface area contributed by atoms with Gasteiger partial charge in [0.2, 0.25) is 6.79 Å². The van der Waals surface area contributed by atoms with Gasteiger partial charge in [0, 0.05) is 16.1 Å². The number of esters is 1. The van der Waals surface area contributed by atoms with Crippen molar-refractivity contribution in [1.82, 2.24) is 0 Å². The number of rotatable bonds is 6. The lowest BCUT2D eigenvalue weighted by atomic mass is 9.96. The van der Waals surface area contributed by atoms with Gasteiger partial charge < -0.3 is 14.2 Å². The molecular weight excluding hydrogens is 372 g/mol. The summed E-state index contributed by atoms with van der Waals surface area (Å²) in [7, 11) is 0. The number of hydrogen-bond acceptors (Lipinski definition) is 6. The highest BCUT2D eigenvalue weighted by Gasteiger charge is 2.24. The van der Waals surface area contributed by atoms with Gasteiger partial charge in [0.15, 0.2) is 29.2 Å². The third-order valence-electron chi connectivity index (χ3n) is 4.16. The van der Waals surface area contributed by atoms with Crippen LogP contribution in [0.2, 0.25) is 5.02 Å². The van der Waals surface area contributed by atoms with Crippen molar-refractivity contribution in [1.29, 1.82) is 0 Å². The van der Waals surface area contributed by atoms with E-state index in [1.165, 1.54) is 13.8 Å². The average molecular weight is 389 g/mol. The van der Waals surface area contributed by atoms with E-state index in [9.17, 15) is 14.4 Å². The summed E-state index contributed by atoms with van der Waals surface area (Å²) in [6.07, 6.45) is -1.02. The standard InChI is InChI=1S/C20H17ClO6/c1-11(22)12(2)27-19(23)8-14-7-17-18(26-10-25-17)9-16(14)20(24)13-3-5-15(21)6-4-13/h3-7,9,12H,8,10H2,1-2H3. The van der Waals surface area contributed by atoms with Crippen molar-refractivity contribution < 1.29 is 28.6 Å². The van der Waals surface area contributed by atoms with E-state index in [0.29, 0.717) is 33.2 Å². The molecule has 0 aliphatic carbocycles. The molecular formula is C20H17ClO6. The Balaban J connectivity index is 1.92. The molecule has 6 nitrogen and oxygen atoms in total. The number of hydrogen-bond donors (Lipinski definition) is 0. The highest BCUT2D eigenvalue weighted by Crippen LogP contribution is 2.36. The predicted octanol–water partition coefficient (Wildman–Crippen LogP) is 3.36. The van der Waals surface area contributed by atoms with Crippen molar-refractivity contribution in [2.75, 3.05) is 6.79 Å². The van der Waals surface area contributed by atoms with Crippen LogP contribution in [0.1, 0.15) is 35.3 Å². The summed E-state index contributed by atoms with van der Waals surface area (Å²) in [6, 6.07) is 9.58. The Morgan fingerprint density at radius 3 is 2.37 bits per heavy atom. The fraction of sp³-hybridized carbons (Fsp3) is 0.250. The van der Waals surface area contributed by atoms with Crippen molar-refractivity contribution in [2.24, 2.45) is 0 Å². The van der Waals surface area contributed by atoms with E-state index >= 15 is 0 Å². The van der Waals surface area contributed by atoms with E-state index < -0.39 is 12.1 Å². The monoisotopic (exact) mass is 388 g/mol. The highest BCUT2D eigenvalue weighted by atomic mass is 35.5. The predicted molar refractivity (Wildman–Crippen MR) is 97.4 cm³/mol. The van der Waals surface area contributed by atoms with Crippen molar-refractivity contribution >= 4 is 29.1 Å². The van der Waals surface area contributed by atoms with Gasteiger partial charge in [-0.1, -0.05) is 11.6 Å². The summed E-state index contributed by atoms with van der Waals surface area (Å²) in [5, 5.41) is 0.513. The Morgan fingerprint density at radius 2 is 1.74 bits per heavy atom. The Bertz CT molecular complexity index is 903. The largest absolute Gasteiger partial charge is 0.454 e. The van der Waals surface area contributed by atoms with Crippen LogP contribution in [0.5, 0.6) is 11.5 Å². The molecule has 2 aromatic rings. The van der Waals surface area contributed by atoms with Crippen molar-refractivity contribution in [3.8, 4) is 11.5 Å². The van der Waals surface area contributed by atoms with Crippen LogP contribution in [0.25, 0.3) is 0 Å². The minimum Gasteiger partial charge on any atom is -0.454 e. The van der Waals surface area contributed by atoms with E-state index in [1.54, 1.807) is 36.4 Å². The highest BCUT2D eigenvalue weighted by molar-refractivity contribution is 6.30. The van der Waals surface area contributed by atoms with Crippen LogP contribution in [0, 0.1) is 0 Å². The first-order chi connectivity index (χ1) is 12.8. The van der Waals surface area contributed by atoms with Gasteiger partial charge in [-0.15, -0.1) is 0 Å². The molecule has 0 amide bonds. The first kappa shape index (κ1) is 18.9. The normalized spacial score (nSPS) is 13.1. The Morgan fingerprint density at radius 1 is 1.11 bits per heavy atom. The van der Waals surface area contributed by atoms with E-state index in [-0.39, 0.29) is 24.8 Å². The number of carbonyl (C=O) groups excluding carboxylic acids is 3. The molecule has 0 spiro atoms. The maximum atomic E-state index is 12.9. The van der Waals surface area contributed by atoms with Gasteiger partial charge in [-0.3, -0.25) is 14.4 Å². The molecule has 0 aromatic heterocycles. The van der Waals surface area contributed by atoms with E-state index in [1.807, 2.05) is 0 Å². The molecule has 1 aliphatic heterocycles. The summed E-state index contributed by atoms with van der Waals surface area (Å²) < 4.78 is 15.8. The Kier molecular flexibility index (Phi) is 5.46. The van der Waals surface area contributed by atoms with Crippen LogP contribution >= 0.6 is 11.6 Å². The number of ether oxygens (including phenoxy) is 3. The maximum Gasteiger partial charge on any atom is 0.310 e. The molecule has 0 saturated heterocycles. The smallest absolute Gasteiger partial charge is 0.310 e. The quantitative estimate of drug-likeness (QED) is 0.557. The SMILES string of the molecule is CC(=O)C(C)OC(=O)Cc1cc2c(cc1C(=O)c1ccc(Cl)cc1)OCO2. The number of halogens is 1. The lowest BCUT2D eigenvalue weighted by Gasteiger charge is -2.13. The third-order valence-corrected chi connectivity index (χ3v) is 4.42. The topological polar surface area (TPSA) is 78.9 Å². The number of benzene rings is 2. The second kappa shape index (κ2) is 7.80. The first-order valence-electron chi connectivity index (χ1n) is 8.28. The summed E-state index contributed by atoms with van der Waals surface area (Å²) in [5.41, 5.74) is 1.15. The lowest BCUT2D eigenvalue weighted by molar-refractivity contribution is -0.152. The Labute approximate surface area is 161 Å². The van der Waals surface area contributed by atoms with Crippen LogP contribution < -0.4 is 9.47 Å². The van der Waals surface area contributed by atoms with Crippen LogP contribution in [-0.4, -0.2) is 30.4 Å². The molecule has 1 aliphatic rings. The molecule has 0 radical (unpaired) electrons. The van der Waals surface area contributed by atoms with Gasteiger partial charge in [-0.05, 0) is 55.8 Å². The van der Waals surface area contributed by atoms with Crippen molar-refractivity contribution in [3.63, 3.8) is 0 Å².